The van der Waals surface area contributed by atoms with Crippen molar-refractivity contribution in [2.24, 2.45) is 5.92 Å². The fraction of sp³-hybridized carbons (Fsp3) is 0.692. The van der Waals surface area contributed by atoms with Gasteiger partial charge in [-0.25, -0.2) is 4.68 Å². The normalized spacial score (nSPS) is 14.4. The van der Waals surface area contributed by atoms with Gasteiger partial charge >= 0.3 is 0 Å². The third-order valence-electron chi connectivity index (χ3n) is 2.72. The van der Waals surface area contributed by atoms with Crippen LogP contribution in [0, 0.1) is 5.92 Å². The summed E-state index contributed by atoms with van der Waals surface area (Å²) in [7, 11) is 0. The predicted molar refractivity (Wildman–Crippen MR) is 79.4 cm³/mol. The molecular weight excluding hydrogens is 262 g/mol. The first-order chi connectivity index (χ1) is 8.95. The van der Waals surface area contributed by atoms with Gasteiger partial charge in [-0.3, -0.25) is 4.79 Å². The minimum atomic E-state index is -0.149. The van der Waals surface area contributed by atoms with E-state index in [2.05, 4.69) is 10.4 Å². The van der Waals surface area contributed by atoms with E-state index in [0.29, 0.717) is 0 Å². The van der Waals surface area contributed by atoms with Crippen molar-refractivity contribution in [2.75, 3.05) is 17.7 Å². The number of carbonyl (C=O) groups excluding carboxylic acids is 1. The second kappa shape index (κ2) is 7.55. The van der Waals surface area contributed by atoms with Crippen LogP contribution in [0.4, 0.5) is 5.82 Å². The van der Waals surface area contributed by atoms with Crippen molar-refractivity contribution in [3.05, 3.63) is 12.3 Å². The first-order valence-corrected chi connectivity index (χ1v) is 7.57. The van der Waals surface area contributed by atoms with Crippen LogP contribution in [0.15, 0.2) is 12.3 Å². The molecule has 1 amide bonds. The lowest BCUT2D eigenvalue weighted by Crippen LogP contribution is -2.25. The number of anilines is 1. The van der Waals surface area contributed by atoms with E-state index >= 15 is 0 Å². The Morgan fingerprint density at radius 2 is 2.16 bits per heavy atom. The predicted octanol–water partition coefficient (Wildman–Crippen LogP) is 2.15. The van der Waals surface area contributed by atoms with Crippen LogP contribution in [0.1, 0.15) is 33.7 Å². The molecule has 2 atom stereocenters. The van der Waals surface area contributed by atoms with Crippen LogP contribution in [-0.2, 0) is 4.79 Å². The summed E-state index contributed by atoms with van der Waals surface area (Å²) in [5.41, 5.74) is 0. The molecule has 6 heteroatoms. The molecule has 1 heterocycles. The van der Waals surface area contributed by atoms with Gasteiger partial charge in [0, 0.05) is 18.7 Å². The number of rotatable bonds is 7. The molecule has 0 bridgehead atoms. The molecule has 108 valence electrons. The molecule has 1 aromatic rings. The topological polar surface area (TPSA) is 67.2 Å². The highest BCUT2D eigenvalue weighted by Crippen LogP contribution is 2.18. The fourth-order valence-electron chi connectivity index (χ4n) is 1.49. The van der Waals surface area contributed by atoms with Gasteiger partial charge in [0.2, 0.25) is 5.91 Å². The summed E-state index contributed by atoms with van der Waals surface area (Å²) in [6, 6.07) is 2.01. The van der Waals surface area contributed by atoms with E-state index < -0.39 is 0 Å². The zero-order chi connectivity index (χ0) is 14.4. The molecule has 0 radical (unpaired) electrons. The minimum Gasteiger partial charge on any atom is -0.396 e. The highest BCUT2D eigenvalue weighted by molar-refractivity contribution is 8.00. The van der Waals surface area contributed by atoms with Crippen molar-refractivity contribution in [1.82, 2.24) is 9.78 Å². The number of amides is 1. The summed E-state index contributed by atoms with van der Waals surface area (Å²) in [5.74, 6) is 1.68. The number of hydrogen-bond donors (Lipinski definition) is 2. The Bertz CT molecular complexity index is 406. The SMILES string of the molecule is CC(CO)CSC(C)C(=O)Nc1ccnn1C(C)C. The molecule has 0 aliphatic rings. The number of nitrogens with one attached hydrogen (secondary N) is 1. The second-order valence-corrected chi connectivity index (χ2v) is 6.38. The van der Waals surface area contributed by atoms with Crippen LogP contribution < -0.4 is 5.32 Å². The molecule has 0 spiro atoms. The Morgan fingerprint density at radius 1 is 1.47 bits per heavy atom. The number of aromatic nitrogens is 2. The van der Waals surface area contributed by atoms with Crippen LogP contribution in [0.25, 0.3) is 0 Å². The zero-order valence-electron chi connectivity index (χ0n) is 12.0. The molecule has 0 saturated heterocycles. The second-order valence-electron chi connectivity index (χ2n) is 5.01. The average Bonchev–Trinajstić information content (AvgIpc) is 2.83. The Balaban J connectivity index is 2.52. The van der Waals surface area contributed by atoms with Gasteiger partial charge in [0.15, 0.2) is 0 Å². The molecule has 0 aliphatic heterocycles. The number of aliphatic hydroxyl groups is 1. The molecule has 0 aromatic carbocycles. The van der Waals surface area contributed by atoms with Gasteiger partial charge in [-0.2, -0.15) is 5.10 Å². The highest BCUT2D eigenvalue weighted by atomic mass is 32.2. The van der Waals surface area contributed by atoms with Gasteiger partial charge in [0.05, 0.1) is 11.4 Å². The third kappa shape index (κ3) is 4.87. The third-order valence-corrected chi connectivity index (χ3v) is 4.20. The van der Waals surface area contributed by atoms with Gasteiger partial charge in [-0.15, -0.1) is 11.8 Å². The van der Waals surface area contributed by atoms with E-state index in [9.17, 15) is 4.79 Å². The monoisotopic (exact) mass is 285 g/mol. The van der Waals surface area contributed by atoms with Crippen LogP contribution in [0.2, 0.25) is 0 Å². The average molecular weight is 285 g/mol. The highest BCUT2D eigenvalue weighted by Gasteiger charge is 2.17. The van der Waals surface area contributed by atoms with Crippen molar-refractivity contribution in [2.45, 2.75) is 39.0 Å². The van der Waals surface area contributed by atoms with Crippen molar-refractivity contribution in [1.29, 1.82) is 0 Å². The zero-order valence-corrected chi connectivity index (χ0v) is 12.8. The first kappa shape index (κ1) is 16.0. The van der Waals surface area contributed by atoms with Crippen LogP contribution >= 0.6 is 11.8 Å². The van der Waals surface area contributed by atoms with Crippen molar-refractivity contribution in [3.63, 3.8) is 0 Å². The van der Waals surface area contributed by atoms with Gasteiger partial charge in [0.1, 0.15) is 5.82 Å². The van der Waals surface area contributed by atoms with Gasteiger partial charge in [-0.1, -0.05) is 6.92 Å². The van der Waals surface area contributed by atoms with Crippen LogP contribution in [0.5, 0.6) is 0 Å². The van der Waals surface area contributed by atoms with Gasteiger partial charge < -0.3 is 10.4 Å². The lowest BCUT2D eigenvalue weighted by atomic mass is 10.2. The van der Waals surface area contributed by atoms with E-state index in [-0.39, 0.29) is 29.7 Å². The maximum absolute atomic E-state index is 12.1. The van der Waals surface area contributed by atoms with E-state index in [0.717, 1.165) is 11.6 Å². The Kier molecular flexibility index (Phi) is 6.37. The summed E-state index contributed by atoms with van der Waals surface area (Å²) in [6.07, 6.45) is 1.68. The van der Waals surface area contributed by atoms with Crippen LogP contribution in [0.3, 0.4) is 0 Å². The molecule has 0 aliphatic carbocycles. The molecule has 1 rings (SSSR count). The molecule has 5 nitrogen and oxygen atoms in total. The Hall–Kier alpha value is -1.01. The van der Waals surface area contributed by atoms with E-state index in [4.69, 9.17) is 5.11 Å². The first-order valence-electron chi connectivity index (χ1n) is 6.52. The van der Waals surface area contributed by atoms with Gasteiger partial charge in [0.25, 0.3) is 0 Å². The molecule has 1 aromatic heterocycles. The number of carbonyl (C=O) groups is 1. The maximum atomic E-state index is 12.1. The Labute approximate surface area is 118 Å². The number of thioether (sulfide) groups is 1. The van der Waals surface area contributed by atoms with E-state index in [1.165, 1.54) is 0 Å². The summed E-state index contributed by atoms with van der Waals surface area (Å²) in [4.78, 5) is 12.1. The smallest absolute Gasteiger partial charge is 0.238 e. The number of aliphatic hydroxyl groups excluding tert-OH is 1. The van der Waals surface area contributed by atoms with E-state index in [1.807, 2.05) is 27.7 Å². The molecule has 19 heavy (non-hydrogen) atoms. The largest absolute Gasteiger partial charge is 0.396 e. The summed E-state index contributed by atoms with van der Waals surface area (Å²) in [6.45, 7) is 8.03. The van der Waals surface area contributed by atoms with Crippen molar-refractivity contribution in [3.8, 4) is 0 Å². The summed E-state index contributed by atoms with van der Waals surface area (Å²) < 4.78 is 1.78. The maximum Gasteiger partial charge on any atom is 0.238 e. The lowest BCUT2D eigenvalue weighted by Gasteiger charge is -2.16. The molecule has 2 N–H and O–H groups in total. The molecular formula is C13H23N3O2S. The van der Waals surface area contributed by atoms with E-state index in [1.54, 1.807) is 28.7 Å². The minimum absolute atomic E-state index is 0.0301. The standard InChI is InChI=1S/C13H23N3O2S/c1-9(2)16-12(5-6-14-16)15-13(18)11(4)19-8-10(3)7-17/h5-6,9-11,17H,7-8H2,1-4H3,(H,15,18). The summed E-state index contributed by atoms with van der Waals surface area (Å²) >= 11 is 1.55. The van der Waals surface area contributed by atoms with Crippen LogP contribution in [-0.4, -0.2) is 38.4 Å². The van der Waals surface area contributed by atoms with Gasteiger partial charge in [-0.05, 0) is 32.4 Å². The Morgan fingerprint density at radius 3 is 2.74 bits per heavy atom. The number of hydrogen-bond acceptors (Lipinski definition) is 4. The molecule has 0 saturated carbocycles. The van der Waals surface area contributed by atoms with Crippen molar-refractivity contribution < 1.29 is 9.90 Å². The molecule has 0 fully saturated rings. The fourth-order valence-corrected chi connectivity index (χ4v) is 2.42. The quantitative estimate of drug-likeness (QED) is 0.805. The number of nitrogens with zero attached hydrogens (tertiary/aromatic N) is 2. The van der Waals surface area contributed by atoms with Crippen molar-refractivity contribution >= 4 is 23.5 Å². The lowest BCUT2D eigenvalue weighted by molar-refractivity contribution is -0.115. The summed E-state index contributed by atoms with van der Waals surface area (Å²) in [5, 5.41) is 15.9. The molecule has 2 unspecified atom stereocenters.